The second kappa shape index (κ2) is 6.00. The van der Waals surface area contributed by atoms with Crippen molar-refractivity contribution in [3.63, 3.8) is 0 Å². The van der Waals surface area contributed by atoms with Gasteiger partial charge in [0, 0.05) is 11.0 Å². The van der Waals surface area contributed by atoms with E-state index in [2.05, 4.69) is 19.2 Å². The largest absolute Gasteiger partial charge is 0.348 e. The lowest BCUT2D eigenvalue weighted by Crippen LogP contribution is -2.37. The van der Waals surface area contributed by atoms with Gasteiger partial charge in [-0.05, 0) is 11.5 Å². The highest BCUT2D eigenvalue weighted by atomic mass is 16.2. The molecule has 1 amide bonds. The molecule has 0 saturated heterocycles. The molecule has 0 aliphatic heterocycles. The second-order valence-electron chi connectivity index (χ2n) is 6.13. The normalized spacial score (nSPS) is 11.5. The van der Waals surface area contributed by atoms with Gasteiger partial charge in [-0.15, -0.1) is 0 Å². The molecule has 1 N–H and O–H groups in total. The first-order valence-corrected chi connectivity index (χ1v) is 6.63. The van der Waals surface area contributed by atoms with Gasteiger partial charge >= 0.3 is 0 Å². The highest BCUT2D eigenvalue weighted by Gasteiger charge is 2.21. The lowest BCUT2D eigenvalue weighted by atomic mass is 9.95. The first-order chi connectivity index (χ1) is 8.71. The molecule has 0 aromatic heterocycles. The van der Waals surface area contributed by atoms with Crippen LogP contribution >= 0.6 is 0 Å². The van der Waals surface area contributed by atoms with Crippen molar-refractivity contribution in [1.82, 2.24) is 5.32 Å². The lowest BCUT2D eigenvalue weighted by Gasteiger charge is -2.17. The Balaban J connectivity index is 2.62. The zero-order valence-electron chi connectivity index (χ0n) is 12.4. The first kappa shape index (κ1) is 15.4. The summed E-state index contributed by atoms with van der Waals surface area (Å²) in [6, 6.07) is 7.56. The van der Waals surface area contributed by atoms with E-state index in [0.717, 1.165) is 0 Å². The number of carbonyl (C=O) groups excluding carboxylic acids is 2. The first-order valence-electron chi connectivity index (χ1n) is 6.63. The van der Waals surface area contributed by atoms with E-state index in [1.165, 1.54) is 5.56 Å². The van der Waals surface area contributed by atoms with Crippen LogP contribution in [0, 0.1) is 5.41 Å². The lowest BCUT2D eigenvalue weighted by molar-refractivity contribution is -0.128. The van der Waals surface area contributed by atoms with E-state index in [9.17, 15) is 9.59 Å². The fourth-order valence-electron chi connectivity index (χ4n) is 1.58. The number of hydrogen-bond donors (Lipinski definition) is 1. The summed E-state index contributed by atoms with van der Waals surface area (Å²) in [5.41, 5.74) is 1.37. The summed E-state index contributed by atoms with van der Waals surface area (Å²) < 4.78 is 0. The van der Waals surface area contributed by atoms with E-state index >= 15 is 0 Å². The van der Waals surface area contributed by atoms with Crippen molar-refractivity contribution in [2.24, 2.45) is 5.41 Å². The van der Waals surface area contributed by atoms with Crippen molar-refractivity contribution >= 4 is 11.7 Å². The monoisotopic (exact) mass is 261 g/mol. The molecule has 3 heteroatoms. The van der Waals surface area contributed by atoms with Crippen LogP contribution in [0.2, 0.25) is 0 Å². The summed E-state index contributed by atoms with van der Waals surface area (Å²) in [7, 11) is 0. The van der Waals surface area contributed by atoms with Crippen LogP contribution in [0.1, 0.15) is 56.5 Å². The quantitative estimate of drug-likeness (QED) is 0.846. The Morgan fingerprint density at radius 1 is 1.11 bits per heavy atom. The minimum absolute atomic E-state index is 0.0527. The van der Waals surface area contributed by atoms with E-state index in [1.54, 1.807) is 0 Å². The van der Waals surface area contributed by atoms with E-state index in [0.29, 0.717) is 11.5 Å². The van der Waals surface area contributed by atoms with Crippen LogP contribution in [-0.4, -0.2) is 18.2 Å². The average Bonchev–Trinajstić information content (AvgIpc) is 2.34. The molecule has 3 nitrogen and oxygen atoms in total. The number of benzene rings is 1. The zero-order valence-corrected chi connectivity index (χ0v) is 12.4. The molecule has 0 fully saturated rings. The summed E-state index contributed by atoms with van der Waals surface area (Å²) in [4.78, 5) is 23.6. The molecule has 1 aromatic carbocycles. The highest BCUT2D eigenvalue weighted by molar-refractivity contribution is 5.99. The third kappa shape index (κ3) is 4.51. The summed E-state index contributed by atoms with van der Waals surface area (Å²) in [5.74, 6) is 0.275. The number of amides is 1. The van der Waals surface area contributed by atoms with Gasteiger partial charge in [0.25, 0.3) is 0 Å². The number of Topliss-reactive ketones (excluding diaryl/α,β-unsaturated/α-hetero) is 1. The third-order valence-corrected chi connectivity index (χ3v) is 2.99. The summed E-state index contributed by atoms with van der Waals surface area (Å²) >= 11 is 0. The Morgan fingerprint density at radius 2 is 1.63 bits per heavy atom. The topological polar surface area (TPSA) is 46.2 Å². The molecule has 0 heterocycles. The van der Waals surface area contributed by atoms with Crippen LogP contribution in [0.15, 0.2) is 24.3 Å². The van der Waals surface area contributed by atoms with Crippen LogP contribution in [0.3, 0.4) is 0 Å². The van der Waals surface area contributed by atoms with Crippen LogP contribution in [-0.2, 0) is 4.79 Å². The van der Waals surface area contributed by atoms with E-state index < -0.39 is 5.41 Å². The second-order valence-corrected chi connectivity index (χ2v) is 6.13. The number of ketones is 1. The maximum atomic E-state index is 11.9. The average molecular weight is 261 g/mol. The molecule has 1 aromatic rings. The molecule has 0 bridgehead atoms. The van der Waals surface area contributed by atoms with Gasteiger partial charge in [-0.25, -0.2) is 0 Å². The molecular formula is C16H23NO2. The molecule has 19 heavy (non-hydrogen) atoms. The summed E-state index contributed by atoms with van der Waals surface area (Å²) in [6.07, 6.45) is 0. The van der Waals surface area contributed by atoms with Crippen LogP contribution in [0.5, 0.6) is 0 Å². The molecule has 0 atom stereocenters. The predicted octanol–water partition coefficient (Wildman–Crippen LogP) is 3.16. The Hall–Kier alpha value is -1.64. The molecule has 0 unspecified atom stereocenters. The van der Waals surface area contributed by atoms with Crippen molar-refractivity contribution < 1.29 is 9.59 Å². The molecule has 0 aliphatic carbocycles. The SMILES string of the molecule is CC(C)c1ccc(C(=O)CNC(=O)C(C)(C)C)cc1. The zero-order chi connectivity index (χ0) is 14.6. The molecule has 0 saturated carbocycles. The van der Waals surface area contributed by atoms with Crippen molar-refractivity contribution in [3.8, 4) is 0 Å². The number of nitrogens with one attached hydrogen (secondary N) is 1. The Morgan fingerprint density at radius 3 is 2.05 bits per heavy atom. The molecular weight excluding hydrogens is 238 g/mol. The predicted molar refractivity (Wildman–Crippen MR) is 77.3 cm³/mol. The standard InChI is InChI=1S/C16H23NO2/c1-11(2)12-6-8-13(9-7-12)14(18)10-17-15(19)16(3,4)5/h6-9,11H,10H2,1-5H3,(H,17,19). The van der Waals surface area contributed by atoms with Crippen LogP contribution in [0.4, 0.5) is 0 Å². The minimum Gasteiger partial charge on any atom is -0.348 e. The molecule has 0 spiro atoms. The van der Waals surface area contributed by atoms with Crippen LogP contribution < -0.4 is 5.32 Å². The maximum Gasteiger partial charge on any atom is 0.225 e. The van der Waals surface area contributed by atoms with Gasteiger partial charge in [0.2, 0.25) is 5.91 Å². The van der Waals surface area contributed by atoms with E-state index in [4.69, 9.17) is 0 Å². The summed E-state index contributed by atoms with van der Waals surface area (Å²) in [5, 5.41) is 2.67. The van der Waals surface area contributed by atoms with Gasteiger partial charge in [-0.3, -0.25) is 9.59 Å². The fourth-order valence-corrected chi connectivity index (χ4v) is 1.58. The summed E-state index contributed by atoms with van der Waals surface area (Å²) in [6.45, 7) is 9.75. The van der Waals surface area contributed by atoms with E-state index in [-0.39, 0.29) is 18.2 Å². The van der Waals surface area contributed by atoms with Gasteiger partial charge < -0.3 is 5.32 Å². The minimum atomic E-state index is -0.470. The number of carbonyl (C=O) groups is 2. The van der Waals surface area contributed by atoms with Gasteiger partial charge in [-0.2, -0.15) is 0 Å². The number of rotatable bonds is 4. The van der Waals surface area contributed by atoms with Crippen molar-refractivity contribution in [2.45, 2.75) is 40.5 Å². The van der Waals surface area contributed by atoms with Gasteiger partial charge in [0.1, 0.15) is 0 Å². The van der Waals surface area contributed by atoms with Crippen molar-refractivity contribution in [2.75, 3.05) is 6.54 Å². The van der Waals surface area contributed by atoms with Gasteiger partial charge in [0.05, 0.1) is 6.54 Å². The molecule has 104 valence electrons. The Bertz CT molecular complexity index is 453. The molecule has 0 radical (unpaired) electrons. The van der Waals surface area contributed by atoms with E-state index in [1.807, 2.05) is 45.0 Å². The van der Waals surface area contributed by atoms with Crippen molar-refractivity contribution in [1.29, 1.82) is 0 Å². The molecule has 1 rings (SSSR count). The van der Waals surface area contributed by atoms with Gasteiger partial charge in [0.15, 0.2) is 5.78 Å². The Labute approximate surface area is 115 Å². The fraction of sp³-hybridized carbons (Fsp3) is 0.500. The van der Waals surface area contributed by atoms with Gasteiger partial charge in [-0.1, -0.05) is 58.9 Å². The highest BCUT2D eigenvalue weighted by Crippen LogP contribution is 2.15. The number of hydrogen-bond acceptors (Lipinski definition) is 2. The maximum absolute atomic E-state index is 11.9. The third-order valence-electron chi connectivity index (χ3n) is 2.99. The molecule has 0 aliphatic rings. The Kier molecular flexibility index (Phi) is 4.87. The smallest absolute Gasteiger partial charge is 0.225 e. The van der Waals surface area contributed by atoms with Crippen molar-refractivity contribution in [3.05, 3.63) is 35.4 Å². The van der Waals surface area contributed by atoms with Crippen LogP contribution in [0.25, 0.3) is 0 Å².